The monoisotopic (exact) mass is 463 g/mol. The van der Waals surface area contributed by atoms with Gasteiger partial charge in [-0.2, -0.15) is 0 Å². The molecule has 2 aromatic rings. The Morgan fingerprint density at radius 3 is 2.59 bits per heavy atom. The number of sulfonamides is 1. The van der Waals surface area contributed by atoms with Gasteiger partial charge >= 0.3 is 0 Å². The smallest absolute Gasteiger partial charge is 0.273 e. The number of nitrogens with one attached hydrogen (secondary N) is 1. The van der Waals surface area contributed by atoms with E-state index >= 15 is 0 Å². The summed E-state index contributed by atoms with van der Waals surface area (Å²) < 4.78 is 38.4. The summed E-state index contributed by atoms with van der Waals surface area (Å²) in [5.74, 6) is 0.00131. The van der Waals surface area contributed by atoms with Gasteiger partial charge in [-0.05, 0) is 50.1 Å². The van der Waals surface area contributed by atoms with Crippen LogP contribution < -0.4 is 14.4 Å². The van der Waals surface area contributed by atoms with Gasteiger partial charge in [0.05, 0.1) is 28.7 Å². The van der Waals surface area contributed by atoms with Crippen molar-refractivity contribution >= 4 is 27.3 Å². The molecule has 10 nitrogen and oxygen atoms in total. The maximum Gasteiger partial charge on any atom is 0.273 e. The van der Waals surface area contributed by atoms with E-state index < -0.39 is 27.4 Å². The van der Waals surface area contributed by atoms with Crippen LogP contribution in [0, 0.1) is 17.0 Å². The van der Waals surface area contributed by atoms with Gasteiger partial charge in [0, 0.05) is 24.8 Å². The number of methoxy groups -OCH3 is 1. The molecular formula is C21H25N3O7S. The summed E-state index contributed by atoms with van der Waals surface area (Å²) in [5, 5.41) is 14.0. The van der Waals surface area contributed by atoms with Gasteiger partial charge in [-0.15, -0.1) is 0 Å². The van der Waals surface area contributed by atoms with E-state index in [2.05, 4.69) is 5.32 Å². The Kier molecular flexibility index (Phi) is 7.31. The highest BCUT2D eigenvalue weighted by Crippen LogP contribution is 2.29. The molecule has 11 heteroatoms. The quantitative estimate of drug-likeness (QED) is 0.447. The van der Waals surface area contributed by atoms with Crippen LogP contribution in [0.1, 0.15) is 18.4 Å². The Balaban J connectivity index is 1.92. The normalized spacial score (nSPS) is 15.9. The number of hydrogen-bond acceptors (Lipinski definition) is 7. The molecule has 0 aliphatic carbocycles. The molecule has 0 aromatic heterocycles. The second-order valence-corrected chi connectivity index (χ2v) is 9.22. The fraction of sp³-hybridized carbons (Fsp3) is 0.381. The Labute approximate surface area is 186 Å². The van der Waals surface area contributed by atoms with E-state index in [4.69, 9.17) is 9.47 Å². The number of benzene rings is 2. The lowest BCUT2D eigenvalue weighted by Crippen LogP contribution is -2.42. The van der Waals surface area contributed by atoms with Crippen molar-refractivity contribution in [1.82, 2.24) is 5.32 Å². The van der Waals surface area contributed by atoms with Gasteiger partial charge in [0.25, 0.3) is 15.7 Å². The zero-order valence-electron chi connectivity index (χ0n) is 17.8. The Morgan fingerprint density at radius 1 is 1.28 bits per heavy atom. The van der Waals surface area contributed by atoms with Crippen molar-refractivity contribution in [3.63, 3.8) is 0 Å². The number of anilines is 1. The number of nitro benzene ring substituents is 1. The molecule has 0 spiro atoms. The standard InChI is InChI=1S/C21H25N3O7S/c1-15-5-10-19(12-20(15)24(26)27)32(28,29)23(16-6-8-17(30-2)9-7-16)14-21(25)22-13-18-4-3-11-31-18/h5-10,12,18H,3-4,11,13-14H2,1-2H3,(H,22,25)/t18-/m1/s1. The maximum absolute atomic E-state index is 13.4. The van der Waals surface area contributed by atoms with Crippen LogP contribution in [0.15, 0.2) is 47.4 Å². The highest BCUT2D eigenvalue weighted by atomic mass is 32.2. The fourth-order valence-corrected chi connectivity index (χ4v) is 4.80. The Hall–Kier alpha value is -3.18. The Bertz CT molecular complexity index is 1080. The third-order valence-electron chi connectivity index (χ3n) is 5.16. The van der Waals surface area contributed by atoms with Gasteiger partial charge in [-0.3, -0.25) is 19.2 Å². The molecular weight excluding hydrogens is 438 g/mol. The zero-order chi connectivity index (χ0) is 23.3. The van der Waals surface area contributed by atoms with Gasteiger partial charge in [0.1, 0.15) is 12.3 Å². The van der Waals surface area contributed by atoms with Crippen molar-refractivity contribution < 1.29 is 27.6 Å². The molecule has 1 amide bonds. The molecule has 1 N–H and O–H groups in total. The van der Waals surface area contributed by atoms with Crippen molar-refractivity contribution in [2.24, 2.45) is 0 Å². The Morgan fingerprint density at radius 2 is 2.00 bits per heavy atom. The second kappa shape index (κ2) is 9.96. The highest BCUT2D eigenvalue weighted by molar-refractivity contribution is 7.92. The molecule has 1 aliphatic heterocycles. The number of carbonyl (C=O) groups excluding carboxylic acids is 1. The van der Waals surface area contributed by atoms with Crippen LogP contribution in [0.5, 0.6) is 5.75 Å². The molecule has 1 aliphatic rings. The van der Waals surface area contributed by atoms with Crippen molar-refractivity contribution in [2.45, 2.75) is 30.8 Å². The number of amides is 1. The van der Waals surface area contributed by atoms with E-state index in [1.54, 1.807) is 12.1 Å². The van der Waals surface area contributed by atoms with Crippen LogP contribution in [0.25, 0.3) is 0 Å². The van der Waals surface area contributed by atoms with E-state index in [-0.39, 0.29) is 28.9 Å². The van der Waals surface area contributed by atoms with E-state index in [9.17, 15) is 23.3 Å². The van der Waals surface area contributed by atoms with Crippen LogP contribution in [0.4, 0.5) is 11.4 Å². The van der Waals surface area contributed by atoms with Crippen molar-refractivity contribution in [3.8, 4) is 5.75 Å². The molecule has 32 heavy (non-hydrogen) atoms. The minimum Gasteiger partial charge on any atom is -0.497 e. The average Bonchev–Trinajstić information content (AvgIpc) is 3.30. The van der Waals surface area contributed by atoms with Gasteiger partial charge in [0.2, 0.25) is 5.91 Å². The van der Waals surface area contributed by atoms with Crippen LogP contribution in [0.3, 0.4) is 0 Å². The lowest BCUT2D eigenvalue weighted by molar-refractivity contribution is -0.385. The minimum atomic E-state index is -4.28. The summed E-state index contributed by atoms with van der Waals surface area (Å²) in [7, 11) is -2.80. The number of rotatable bonds is 9. The average molecular weight is 464 g/mol. The number of nitrogens with zero attached hydrogens (tertiary/aromatic N) is 2. The van der Waals surface area contributed by atoms with Gasteiger partial charge in [-0.25, -0.2) is 8.42 Å². The van der Waals surface area contributed by atoms with E-state index in [0.29, 0.717) is 17.9 Å². The predicted octanol–water partition coefficient (Wildman–Crippen LogP) is 2.40. The van der Waals surface area contributed by atoms with E-state index in [0.717, 1.165) is 23.2 Å². The van der Waals surface area contributed by atoms with Crippen LogP contribution in [-0.2, 0) is 19.6 Å². The molecule has 1 atom stereocenters. The van der Waals surface area contributed by atoms with E-state index in [1.807, 2.05) is 0 Å². The molecule has 1 heterocycles. The maximum atomic E-state index is 13.4. The van der Waals surface area contributed by atoms with Gasteiger partial charge in [-0.1, -0.05) is 6.07 Å². The van der Waals surface area contributed by atoms with Crippen LogP contribution in [0.2, 0.25) is 0 Å². The summed E-state index contributed by atoms with van der Waals surface area (Å²) in [4.78, 5) is 23.0. The summed E-state index contributed by atoms with van der Waals surface area (Å²) in [6.45, 7) is 1.95. The minimum absolute atomic E-state index is 0.0928. The molecule has 0 unspecified atom stereocenters. The number of nitro groups is 1. The fourth-order valence-electron chi connectivity index (χ4n) is 3.36. The second-order valence-electron chi connectivity index (χ2n) is 7.35. The molecule has 1 fully saturated rings. The van der Waals surface area contributed by atoms with Gasteiger partial charge < -0.3 is 14.8 Å². The topological polar surface area (TPSA) is 128 Å². The van der Waals surface area contributed by atoms with Crippen molar-refractivity contribution in [2.75, 3.05) is 31.1 Å². The first-order valence-corrected chi connectivity index (χ1v) is 11.5. The summed E-state index contributed by atoms with van der Waals surface area (Å²) >= 11 is 0. The van der Waals surface area contributed by atoms with Crippen molar-refractivity contribution in [1.29, 1.82) is 0 Å². The number of carbonyl (C=O) groups is 1. The van der Waals surface area contributed by atoms with Crippen LogP contribution in [-0.4, -0.2) is 52.2 Å². The molecule has 0 bridgehead atoms. The molecule has 0 radical (unpaired) electrons. The summed E-state index contributed by atoms with van der Waals surface area (Å²) in [5.41, 5.74) is 0.240. The van der Waals surface area contributed by atoms with E-state index in [1.165, 1.54) is 38.3 Å². The third-order valence-corrected chi connectivity index (χ3v) is 6.93. The van der Waals surface area contributed by atoms with Crippen LogP contribution >= 0.6 is 0 Å². The predicted molar refractivity (Wildman–Crippen MR) is 117 cm³/mol. The van der Waals surface area contributed by atoms with Crippen molar-refractivity contribution in [3.05, 3.63) is 58.1 Å². The molecule has 2 aromatic carbocycles. The summed E-state index contributed by atoms with van der Waals surface area (Å²) in [6.07, 6.45) is 1.65. The lowest BCUT2D eigenvalue weighted by atomic mass is 10.2. The zero-order valence-corrected chi connectivity index (χ0v) is 18.6. The molecule has 0 saturated carbocycles. The summed E-state index contributed by atoms with van der Waals surface area (Å²) in [6, 6.07) is 9.82. The molecule has 172 valence electrons. The number of ether oxygens (including phenoxy) is 2. The number of aryl methyl sites for hydroxylation is 1. The first-order chi connectivity index (χ1) is 15.2. The first-order valence-electron chi connectivity index (χ1n) is 10.0. The first kappa shape index (κ1) is 23.5. The van der Waals surface area contributed by atoms with Gasteiger partial charge in [0.15, 0.2) is 0 Å². The molecule has 3 rings (SSSR count). The lowest BCUT2D eigenvalue weighted by Gasteiger charge is -2.24. The highest BCUT2D eigenvalue weighted by Gasteiger charge is 2.29. The SMILES string of the molecule is COc1ccc(N(CC(=O)NC[C@H]2CCCO2)S(=O)(=O)c2ccc(C)c([N+](=O)[O-])c2)cc1. The largest absolute Gasteiger partial charge is 0.497 e. The molecule has 1 saturated heterocycles. The third kappa shape index (κ3) is 5.35. The number of hydrogen-bond donors (Lipinski definition) is 1.